The monoisotopic (exact) mass is 462 g/mol. The molecule has 0 aliphatic rings. The summed E-state index contributed by atoms with van der Waals surface area (Å²) in [4.78, 5) is 18.7. The molecule has 0 spiro atoms. The minimum Gasteiger partial charge on any atom is -0.493 e. The summed E-state index contributed by atoms with van der Waals surface area (Å²) in [5, 5.41) is 7.37. The number of carbonyl (C=O) groups is 1. The van der Waals surface area contributed by atoms with Crippen LogP contribution in [0.2, 0.25) is 0 Å². The zero-order valence-corrected chi connectivity index (χ0v) is 19.7. The topological polar surface area (TPSA) is 108 Å². The van der Waals surface area contributed by atoms with Crippen molar-refractivity contribution in [3.05, 3.63) is 35.4 Å². The molecule has 0 saturated heterocycles. The number of ether oxygens (including phenoxy) is 2. The molecule has 0 bridgehead atoms. The van der Waals surface area contributed by atoms with E-state index < -0.39 is 0 Å². The van der Waals surface area contributed by atoms with Gasteiger partial charge in [0.05, 0.1) is 20.3 Å². The van der Waals surface area contributed by atoms with Gasteiger partial charge in [0.2, 0.25) is 5.91 Å². The first-order valence-corrected chi connectivity index (χ1v) is 9.15. The maximum Gasteiger partial charge on any atom is 0.241 e. The van der Waals surface area contributed by atoms with Crippen LogP contribution in [-0.4, -0.2) is 67.0 Å². The summed E-state index contributed by atoms with van der Waals surface area (Å²) in [6, 6.07) is 5.33. The summed E-state index contributed by atoms with van der Waals surface area (Å²) < 4.78 is 12.2. The predicted octanol–water partition coefficient (Wildman–Crippen LogP) is 1.43. The van der Waals surface area contributed by atoms with Gasteiger partial charge in [-0.15, -0.1) is 24.8 Å². The molecule has 1 amide bonds. The lowest BCUT2D eigenvalue weighted by atomic mass is 10.1. The van der Waals surface area contributed by atoms with Gasteiger partial charge >= 0.3 is 0 Å². The van der Waals surface area contributed by atoms with Crippen LogP contribution in [0.5, 0.6) is 11.5 Å². The quantitative estimate of drug-likeness (QED) is 0.549. The molecule has 1 aromatic carbocycles. The Bertz CT molecular complexity index is 799. The SMILES string of the molecule is COc1ccc(Cc2nc([C@@H](C)N)n(CC(=O)NCCN(C)C)n2)cc1OC.Cl.Cl. The average Bonchev–Trinajstić information content (AvgIpc) is 3.03. The molecule has 0 aliphatic carbocycles. The van der Waals surface area contributed by atoms with Crippen LogP contribution in [0.25, 0.3) is 0 Å². The van der Waals surface area contributed by atoms with Crippen molar-refractivity contribution in [3.63, 3.8) is 0 Å². The molecule has 11 heteroatoms. The van der Waals surface area contributed by atoms with Crippen LogP contribution in [0.1, 0.15) is 30.2 Å². The third-order valence-electron chi connectivity index (χ3n) is 4.14. The van der Waals surface area contributed by atoms with Crippen molar-refractivity contribution in [1.82, 2.24) is 25.0 Å². The van der Waals surface area contributed by atoms with Crippen LogP contribution in [0, 0.1) is 0 Å². The smallest absolute Gasteiger partial charge is 0.241 e. The molecule has 3 N–H and O–H groups in total. The van der Waals surface area contributed by atoms with E-state index in [0.717, 1.165) is 12.1 Å². The number of nitrogens with one attached hydrogen (secondary N) is 1. The van der Waals surface area contributed by atoms with Crippen molar-refractivity contribution in [2.45, 2.75) is 25.9 Å². The second-order valence-electron chi connectivity index (χ2n) is 6.85. The standard InChI is InChI=1S/C19H30N6O3.2ClH/c1-13(20)19-22-17(11-14-6-7-15(27-4)16(10-14)28-5)23-25(19)12-18(26)21-8-9-24(2)3;;/h6-7,10,13H,8-9,11-12,20H2,1-5H3,(H,21,26);2*1H/t13-;;/m1../s1. The highest BCUT2D eigenvalue weighted by Gasteiger charge is 2.17. The molecule has 0 aliphatic heterocycles. The van der Waals surface area contributed by atoms with Crippen molar-refractivity contribution in [2.24, 2.45) is 5.73 Å². The summed E-state index contributed by atoms with van der Waals surface area (Å²) in [6.07, 6.45) is 0.495. The van der Waals surface area contributed by atoms with Crippen LogP contribution in [0.15, 0.2) is 18.2 Å². The highest BCUT2D eigenvalue weighted by Crippen LogP contribution is 2.28. The van der Waals surface area contributed by atoms with Crippen molar-refractivity contribution >= 4 is 30.7 Å². The fraction of sp³-hybridized carbons (Fsp3) is 0.526. The van der Waals surface area contributed by atoms with Gasteiger partial charge in [0.15, 0.2) is 17.3 Å². The van der Waals surface area contributed by atoms with Gasteiger partial charge in [0, 0.05) is 19.5 Å². The Morgan fingerprint density at radius 1 is 1.23 bits per heavy atom. The van der Waals surface area contributed by atoms with Gasteiger partial charge < -0.3 is 25.4 Å². The zero-order chi connectivity index (χ0) is 20.7. The van der Waals surface area contributed by atoms with E-state index in [1.54, 1.807) is 18.9 Å². The maximum absolute atomic E-state index is 12.2. The van der Waals surface area contributed by atoms with Crippen LogP contribution in [0.4, 0.5) is 0 Å². The Morgan fingerprint density at radius 2 is 1.90 bits per heavy atom. The number of aromatic nitrogens is 3. The van der Waals surface area contributed by atoms with E-state index in [1.807, 2.05) is 44.1 Å². The maximum atomic E-state index is 12.2. The van der Waals surface area contributed by atoms with E-state index in [1.165, 1.54) is 0 Å². The average molecular weight is 463 g/mol. The summed E-state index contributed by atoms with van der Waals surface area (Å²) >= 11 is 0. The predicted molar refractivity (Wildman–Crippen MR) is 121 cm³/mol. The first-order chi connectivity index (χ1) is 13.3. The second kappa shape index (κ2) is 13.3. The molecule has 0 radical (unpaired) electrons. The Labute approximate surface area is 190 Å². The number of hydrogen-bond donors (Lipinski definition) is 2. The molecule has 0 fully saturated rings. The van der Waals surface area contributed by atoms with Crippen molar-refractivity contribution in [2.75, 3.05) is 41.4 Å². The zero-order valence-electron chi connectivity index (χ0n) is 18.0. The number of hydrogen-bond acceptors (Lipinski definition) is 7. The number of likely N-dealkylation sites (N-methyl/N-ethyl adjacent to an activating group) is 1. The van der Waals surface area contributed by atoms with Gasteiger partial charge in [-0.25, -0.2) is 9.67 Å². The lowest BCUT2D eigenvalue weighted by Gasteiger charge is -2.11. The molecular weight excluding hydrogens is 431 g/mol. The van der Waals surface area contributed by atoms with E-state index in [4.69, 9.17) is 15.2 Å². The normalized spacial score (nSPS) is 11.3. The van der Waals surface area contributed by atoms with Gasteiger partial charge in [0.1, 0.15) is 12.4 Å². The number of methoxy groups -OCH3 is 2. The number of nitrogens with zero attached hydrogens (tertiary/aromatic N) is 4. The fourth-order valence-electron chi connectivity index (χ4n) is 2.72. The Balaban J connectivity index is 0.00000420. The van der Waals surface area contributed by atoms with Crippen molar-refractivity contribution in [1.29, 1.82) is 0 Å². The third kappa shape index (κ3) is 7.98. The number of halogens is 2. The molecule has 30 heavy (non-hydrogen) atoms. The van der Waals surface area contributed by atoms with E-state index in [9.17, 15) is 4.79 Å². The highest BCUT2D eigenvalue weighted by molar-refractivity contribution is 5.85. The van der Waals surface area contributed by atoms with Gasteiger partial charge in [0.25, 0.3) is 0 Å². The van der Waals surface area contributed by atoms with Crippen LogP contribution in [0.3, 0.4) is 0 Å². The number of carbonyl (C=O) groups excluding carboxylic acids is 1. The lowest BCUT2D eigenvalue weighted by molar-refractivity contribution is -0.121. The van der Waals surface area contributed by atoms with Crippen LogP contribution in [-0.2, 0) is 17.8 Å². The summed E-state index contributed by atoms with van der Waals surface area (Å²) in [5.74, 6) is 2.37. The molecule has 0 saturated carbocycles. The third-order valence-corrected chi connectivity index (χ3v) is 4.14. The van der Waals surface area contributed by atoms with E-state index in [2.05, 4.69) is 15.4 Å². The minimum absolute atomic E-state index is 0. The molecule has 1 aromatic heterocycles. The summed E-state index contributed by atoms with van der Waals surface area (Å²) in [7, 11) is 7.10. The molecule has 1 atom stereocenters. The molecule has 1 heterocycles. The fourth-order valence-corrected chi connectivity index (χ4v) is 2.72. The largest absolute Gasteiger partial charge is 0.493 e. The number of benzene rings is 1. The Hall–Kier alpha value is -2.07. The molecule has 2 rings (SSSR count). The van der Waals surface area contributed by atoms with Crippen LogP contribution >= 0.6 is 24.8 Å². The number of amides is 1. The summed E-state index contributed by atoms with van der Waals surface area (Å²) in [5.41, 5.74) is 7.00. The number of nitrogens with two attached hydrogens (primary N) is 1. The molecule has 2 aromatic rings. The van der Waals surface area contributed by atoms with Gasteiger partial charge in [-0.3, -0.25) is 4.79 Å². The molecule has 9 nitrogen and oxygen atoms in total. The van der Waals surface area contributed by atoms with Crippen LogP contribution < -0.4 is 20.5 Å². The van der Waals surface area contributed by atoms with Gasteiger partial charge in [-0.2, -0.15) is 5.10 Å². The molecule has 170 valence electrons. The minimum atomic E-state index is -0.332. The number of rotatable bonds is 10. The highest BCUT2D eigenvalue weighted by atomic mass is 35.5. The van der Waals surface area contributed by atoms with E-state index >= 15 is 0 Å². The molecule has 0 unspecified atom stereocenters. The summed E-state index contributed by atoms with van der Waals surface area (Å²) in [6.45, 7) is 3.26. The van der Waals surface area contributed by atoms with Gasteiger partial charge in [-0.1, -0.05) is 6.07 Å². The van der Waals surface area contributed by atoms with Crippen molar-refractivity contribution < 1.29 is 14.3 Å². The van der Waals surface area contributed by atoms with Crippen molar-refractivity contribution in [3.8, 4) is 11.5 Å². The Kier molecular flexibility index (Phi) is 12.4. The Morgan fingerprint density at radius 3 is 2.47 bits per heavy atom. The second-order valence-corrected chi connectivity index (χ2v) is 6.85. The first-order valence-electron chi connectivity index (χ1n) is 9.15. The van der Waals surface area contributed by atoms with E-state index in [-0.39, 0.29) is 43.3 Å². The van der Waals surface area contributed by atoms with E-state index in [0.29, 0.717) is 36.1 Å². The lowest BCUT2D eigenvalue weighted by Crippen LogP contribution is -2.34. The molecular formula is C19H32Cl2N6O3. The first kappa shape index (κ1) is 27.9. The van der Waals surface area contributed by atoms with Gasteiger partial charge in [-0.05, 0) is 38.7 Å².